The fourth-order valence-electron chi connectivity index (χ4n) is 2.88. The summed E-state index contributed by atoms with van der Waals surface area (Å²) in [5.74, 6) is -0.101. The first-order valence-corrected chi connectivity index (χ1v) is 9.15. The van der Waals surface area contributed by atoms with Gasteiger partial charge < -0.3 is 15.1 Å². The fourth-order valence-corrected chi connectivity index (χ4v) is 2.88. The summed E-state index contributed by atoms with van der Waals surface area (Å²) in [5.41, 5.74) is 4.15. The highest BCUT2D eigenvalue weighted by atomic mass is 16.5. The Labute approximate surface area is 154 Å². The number of benzene rings is 1. The maximum atomic E-state index is 12.8. The van der Waals surface area contributed by atoms with Gasteiger partial charge in [-0.05, 0) is 18.9 Å². The topological polar surface area (TPSA) is 63.6 Å². The average Bonchev–Trinajstić information content (AvgIpc) is 2.69. The molecule has 1 aromatic carbocycles. The highest BCUT2D eigenvalue weighted by molar-refractivity contribution is 5.96. The van der Waals surface area contributed by atoms with Crippen molar-refractivity contribution in [2.24, 2.45) is 0 Å². The van der Waals surface area contributed by atoms with Crippen LogP contribution in [0.1, 0.15) is 50.2 Å². The first-order valence-electron chi connectivity index (χ1n) is 9.15. The Morgan fingerprint density at radius 1 is 1.08 bits per heavy atom. The van der Waals surface area contributed by atoms with Gasteiger partial charge in [-0.2, -0.15) is 0 Å². The van der Waals surface area contributed by atoms with Crippen LogP contribution in [0.2, 0.25) is 0 Å². The Kier molecular flexibility index (Phi) is 6.83. The molecule has 1 amide bonds. The fraction of sp³-hybridized carbons (Fsp3) is 0.400. The molecule has 1 unspecified atom stereocenters. The SMILES string of the molecule is CC.CCC1Nn2ccc(=O)c(OCc3ccccc3)c2C(=O)N1CC. The van der Waals surface area contributed by atoms with Crippen LogP contribution < -0.4 is 15.6 Å². The van der Waals surface area contributed by atoms with E-state index in [1.54, 1.807) is 15.8 Å². The maximum absolute atomic E-state index is 12.8. The summed E-state index contributed by atoms with van der Waals surface area (Å²) in [6.45, 7) is 8.73. The summed E-state index contributed by atoms with van der Waals surface area (Å²) in [6, 6.07) is 11.0. The van der Waals surface area contributed by atoms with E-state index < -0.39 is 0 Å². The summed E-state index contributed by atoms with van der Waals surface area (Å²) < 4.78 is 7.33. The minimum absolute atomic E-state index is 0.0897. The number of nitrogens with zero attached hydrogens (tertiary/aromatic N) is 2. The van der Waals surface area contributed by atoms with Gasteiger partial charge in [-0.3, -0.25) is 14.3 Å². The van der Waals surface area contributed by atoms with E-state index in [4.69, 9.17) is 4.74 Å². The zero-order valence-electron chi connectivity index (χ0n) is 15.9. The van der Waals surface area contributed by atoms with Crippen molar-refractivity contribution < 1.29 is 9.53 Å². The molecule has 2 aromatic rings. The number of rotatable bonds is 5. The number of pyridine rings is 1. The van der Waals surface area contributed by atoms with E-state index in [-0.39, 0.29) is 35.6 Å². The van der Waals surface area contributed by atoms with Gasteiger partial charge in [-0.1, -0.05) is 51.1 Å². The molecule has 0 saturated heterocycles. The molecule has 1 aliphatic rings. The van der Waals surface area contributed by atoms with Crippen LogP contribution in [0, 0.1) is 0 Å². The number of hydrogen-bond donors (Lipinski definition) is 1. The first kappa shape index (κ1) is 19.6. The molecule has 26 heavy (non-hydrogen) atoms. The van der Waals surface area contributed by atoms with Crippen molar-refractivity contribution in [3.05, 3.63) is 64.1 Å². The lowest BCUT2D eigenvalue weighted by Crippen LogP contribution is -2.53. The van der Waals surface area contributed by atoms with Crippen molar-refractivity contribution >= 4 is 5.91 Å². The molecule has 6 heteroatoms. The molecule has 1 atom stereocenters. The van der Waals surface area contributed by atoms with Crippen LogP contribution in [0.15, 0.2) is 47.4 Å². The third kappa shape index (κ3) is 3.90. The van der Waals surface area contributed by atoms with Crippen LogP contribution in [-0.2, 0) is 6.61 Å². The molecule has 1 aromatic heterocycles. The smallest absolute Gasteiger partial charge is 0.278 e. The number of amides is 1. The summed E-state index contributed by atoms with van der Waals surface area (Å²) in [7, 11) is 0. The monoisotopic (exact) mass is 357 g/mol. The third-order valence-electron chi connectivity index (χ3n) is 4.14. The molecule has 6 nitrogen and oxygen atoms in total. The number of aromatic nitrogens is 1. The maximum Gasteiger partial charge on any atom is 0.278 e. The van der Waals surface area contributed by atoms with Crippen molar-refractivity contribution in [1.82, 2.24) is 9.58 Å². The molecule has 0 saturated carbocycles. The Bertz CT molecular complexity index is 787. The molecule has 0 bridgehead atoms. The van der Waals surface area contributed by atoms with Crippen molar-refractivity contribution in [3.63, 3.8) is 0 Å². The lowest BCUT2D eigenvalue weighted by atomic mass is 10.2. The van der Waals surface area contributed by atoms with E-state index in [2.05, 4.69) is 5.43 Å². The number of carbonyl (C=O) groups excluding carboxylic acids is 1. The van der Waals surface area contributed by atoms with Crippen LogP contribution in [0.25, 0.3) is 0 Å². The quantitative estimate of drug-likeness (QED) is 0.892. The van der Waals surface area contributed by atoms with Gasteiger partial charge in [0.05, 0.1) is 0 Å². The zero-order chi connectivity index (χ0) is 19.1. The van der Waals surface area contributed by atoms with Gasteiger partial charge in [-0.15, -0.1) is 0 Å². The normalized spacial score (nSPS) is 15.5. The van der Waals surface area contributed by atoms with Gasteiger partial charge >= 0.3 is 0 Å². The predicted molar refractivity (Wildman–Crippen MR) is 103 cm³/mol. The van der Waals surface area contributed by atoms with E-state index in [1.165, 1.54) is 6.07 Å². The molecule has 0 aliphatic carbocycles. The molecule has 140 valence electrons. The average molecular weight is 357 g/mol. The summed E-state index contributed by atoms with van der Waals surface area (Å²) in [4.78, 5) is 26.8. The van der Waals surface area contributed by atoms with E-state index >= 15 is 0 Å². The Balaban J connectivity index is 0.00000117. The summed E-state index contributed by atoms with van der Waals surface area (Å²) in [6.07, 6.45) is 2.26. The van der Waals surface area contributed by atoms with E-state index in [9.17, 15) is 9.59 Å². The van der Waals surface area contributed by atoms with E-state index in [0.717, 1.165) is 12.0 Å². The number of hydrogen-bond acceptors (Lipinski definition) is 4. The van der Waals surface area contributed by atoms with Crippen molar-refractivity contribution in [2.75, 3.05) is 12.0 Å². The minimum Gasteiger partial charge on any atom is -0.482 e. The molecule has 3 rings (SSSR count). The minimum atomic E-state index is -0.293. The van der Waals surface area contributed by atoms with Crippen molar-refractivity contribution in [1.29, 1.82) is 0 Å². The Morgan fingerprint density at radius 3 is 2.38 bits per heavy atom. The zero-order valence-corrected chi connectivity index (χ0v) is 15.9. The summed E-state index contributed by atoms with van der Waals surface area (Å²) in [5, 5.41) is 0. The Hall–Kier alpha value is -2.76. The highest BCUT2D eigenvalue weighted by Crippen LogP contribution is 2.22. The van der Waals surface area contributed by atoms with Crippen LogP contribution in [0.3, 0.4) is 0 Å². The predicted octanol–water partition coefficient (Wildman–Crippen LogP) is 3.21. The number of ether oxygens (including phenoxy) is 1. The third-order valence-corrected chi connectivity index (χ3v) is 4.14. The van der Waals surface area contributed by atoms with Gasteiger partial charge in [0.2, 0.25) is 5.43 Å². The second-order valence-corrected chi connectivity index (χ2v) is 5.65. The largest absolute Gasteiger partial charge is 0.482 e. The molecule has 0 radical (unpaired) electrons. The van der Waals surface area contributed by atoms with Crippen molar-refractivity contribution in [2.45, 2.75) is 46.9 Å². The van der Waals surface area contributed by atoms with Gasteiger partial charge in [-0.25, -0.2) is 0 Å². The van der Waals surface area contributed by atoms with E-state index in [0.29, 0.717) is 6.54 Å². The molecular formula is C20H27N3O3. The second-order valence-electron chi connectivity index (χ2n) is 5.65. The van der Waals surface area contributed by atoms with Crippen LogP contribution in [-0.4, -0.2) is 28.2 Å². The molecule has 2 heterocycles. The molecule has 0 spiro atoms. The van der Waals surface area contributed by atoms with Crippen LogP contribution in [0.5, 0.6) is 5.75 Å². The van der Waals surface area contributed by atoms with Crippen LogP contribution >= 0.6 is 0 Å². The molecule has 0 fully saturated rings. The van der Waals surface area contributed by atoms with Crippen LogP contribution in [0.4, 0.5) is 0 Å². The lowest BCUT2D eigenvalue weighted by Gasteiger charge is -2.38. The van der Waals surface area contributed by atoms with E-state index in [1.807, 2.05) is 58.0 Å². The van der Waals surface area contributed by atoms with Gasteiger partial charge in [0, 0.05) is 18.8 Å². The van der Waals surface area contributed by atoms with Gasteiger partial charge in [0.1, 0.15) is 12.8 Å². The molecular weight excluding hydrogens is 330 g/mol. The number of fused-ring (bicyclic) bond motifs is 1. The highest BCUT2D eigenvalue weighted by Gasteiger charge is 2.33. The molecule has 1 aliphatic heterocycles. The number of carbonyl (C=O) groups is 1. The van der Waals surface area contributed by atoms with Gasteiger partial charge in [0.25, 0.3) is 5.91 Å². The summed E-state index contributed by atoms with van der Waals surface area (Å²) >= 11 is 0. The number of nitrogens with one attached hydrogen (secondary N) is 1. The van der Waals surface area contributed by atoms with Gasteiger partial charge in [0.15, 0.2) is 11.4 Å². The molecule has 1 N–H and O–H groups in total. The second kappa shape index (κ2) is 9.08. The lowest BCUT2D eigenvalue weighted by molar-refractivity contribution is 0.0639. The Morgan fingerprint density at radius 2 is 1.77 bits per heavy atom. The first-order chi connectivity index (χ1) is 12.7. The standard InChI is InChI=1S/C18H21N3O3.C2H6/c1-3-15-19-21-11-10-14(22)17(16(21)18(23)20(15)4-2)24-12-13-8-6-5-7-9-13;1-2/h5-11,15,19H,3-4,12H2,1-2H3;1-2H3. The van der Waals surface area contributed by atoms with Crippen molar-refractivity contribution in [3.8, 4) is 5.75 Å².